The zero-order valence-electron chi connectivity index (χ0n) is 18.0. The van der Waals surface area contributed by atoms with Gasteiger partial charge in [0.15, 0.2) is 0 Å². The number of hydrogen-bond acceptors (Lipinski definition) is 1. The van der Waals surface area contributed by atoms with Crippen LogP contribution in [0.1, 0.15) is 130 Å². The predicted molar refractivity (Wildman–Crippen MR) is 112 cm³/mol. The van der Waals surface area contributed by atoms with Gasteiger partial charge in [0.25, 0.3) is 0 Å². The summed E-state index contributed by atoms with van der Waals surface area (Å²) in [6.07, 6.45) is 24.0. The van der Waals surface area contributed by atoms with E-state index in [0.717, 1.165) is 19.6 Å². The van der Waals surface area contributed by atoms with Crippen LogP contribution in [0.5, 0.6) is 0 Å². The van der Waals surface area contributed by atoms with Crippen LogP contribution < -0.4 is 0 Å². The monoisotopic (exact) mass is 356 g/mol. The van der Waals surface area contributed by atoms with E-state index >= 15 is 0 Å². The van der Waals surface area contributed by atoms with Gasteiger partial charge < -0.3 is 0 Å². The van der Waals surface area contributed by atoms with Gasteiger partial charge in [0, 0.05) is 0 Å². The quantitative estimate of drug-likeness (QED) is 0.134. The molecule has 0 aliphatic heterocycles. The Labute approximate surface area is 159 Å². The molecule has 152 valence electrons. The maximum absolute atomic E-state index is 10.2. The minimum atomic E-state index is 0.263. The van der Waals surface area contributed by atoms with Crippen LogP contribution in [0.4, 0.5) is 0 Å². The summed E-state index contributed by atoms with van der Waals surface area (Å²) in [5, 5.41) is 10.2. The first-order valence-corrected chi connectivity index (χ1v) is 11.8. The number of nitrogens with zero attached hydrogens (tertiary/aromatic N) is 1. The van der Waals surface area contributed by atoms with Gasteiger partial charge in [0.1, 0.15) is 19.6 Å². The lowest BCUT2D eigenvalue weighted by molar-refractivity contribution is -1.10. The van der Waals surface area contributed by atoms with E-state index in [1.807, 2.05) is 0 Å². The lowest BCUT2D eigenvalue weighted by Crippen LogP contribution is -2.44. The third-order valence-electron chi connectivity index (χ3n) is 5.86. The first kappa shape index (κ1) is 24.9. The molecule has 0 aromatic carbocycles. The zero-order valence-corrected chi connectivity index (χ0v) is 18.0. The Kier molecular flexibility index (Phi) is 18.6. The van der Waals surface area contributed by atoms with Crippen molar-refractivity contribution in [2.75, 3.05) is 19.6 Å². The maximum atomic E-state index is 10.2. The summed E-state index contributed by atoms with van der Waals surface area (Å²) in [5.41, 5.74) is 0. The van der Waals surface area contributed by atoms with Crippen LogP contribution in [0.3, 0.4) is 0 Å². The number of rotatable bonds is 20. The molecule has 0 spiro atoms. The van der Waals surface area contributed by atoms with Crippen molar-refractivity contribution in [3.8, 4) is 0 Å². The molecule has 0 unspecified atom stereocenters. The highest BCUT2D eigenvalue weighted by molar-refractivity contribution is 4.50. The molecule has 0 radical (unpaired) electrons. The molecule has 0 fully saturated rings. The van der Waals surface area contributed by atoms with Crippen molar-refractivity contribution in [2.45, 2.75) is 130 Å². The van der Waals surface area contributed by atoms with Crippen LogP contribution in [-0.4, -0.2) is 29.5 Å². The van der Waals surface area contributed by atoms with Crippen LogP contribution in [0.2, 0.25) is 0 Å². The van der Waals surface area contributed by atoms with Gasteiger partial charge in [0.05, 0.1) is 0 Å². The molecule has 2 nitrogen and oxygen atoms in total. The molecule has 0 atom stereocenters. The first-order valence-electron chi connectivity index (χ1n) is 11.8. The van der Waals surface area contributed by atoms with Gasteiger partial charge >= 0.3 is 0 Å². The molecule has 2 heteroatoms. The van der Waals surface area contributed by atoms with Gasteiger partial charge in [-0.3, -0.25) is 0 Å². The Morgan fingerprint density at radius 3 is 1.00 bits per heavy atom. The lowest BCUT2D eigenvalue weighted by atomic mass is 10.0. The van der Waals surface area contributed by atoms with Crippen LogP contribution >= 0.6 is 0 Å². The largest absolute Gasteiger partial charge is 0.217 e. The Balaban J connectivity index is 3.12. The van der Waals surface area contributed by atoms with Crippen molar-refractivity contribution in [1.82, 2.24) is 0 Å². The molecule has 0 aromatic heterocycles. The molecule has 1 N–H and O–H groups in total. The molecule has 0 heterocycles. The van der Waals surface area contributed by atoms with Crippen LogP contribution in [0, 0.1) is 0 Å². The van der Waals surface area contributed by atoms with Crippen LogP contribution in [-0.2, 0) is 0 Å². The molecule has 0 bridgehead atoms. The molecule has 0 amide bonds. The highest BCUT2D eigenvalue weighted by Gasteiger charge is 2.18. The fraction of sp³-hybridized carbons (Fsp3) is 1.00. The predicted octanol–water partition coefficient (Wildman–Crippen LogP) is 7.88. The second-order valence-electron chi connectivity index (χ2n) is 8.11. The van der Waals surface area contributed by atoms with E-state index in [1.165, 1.54) is 109 Å². The molecule has 0 aliphatic carbocycles. The van der Waals surface area contributed by atoms with Gasteiger partial charge in [-0.1, -0.05) is 103 Å². The summed E-state index contributed by atoms with van der Waals surface area (Å²) < 4.78 is 0.263. The summed E-state index contributed by atoms with van der Waals surface area (Å²) in [6.45, 7) is 9.07. The van der Waals surface area contributed by atoms with Gasteiger partial charge in [-0.25, -0.2) is 5.21 Å². The number of unbranched alkanes of at least 4 members (excludes halogenated alkanes) is 16. The van der Waals surface area contributed by atoms with E-state index in [2.05, 4.69) is 20.8 Å². The van der Waals surface area contributed by atoms with Crippen molar-refractivity contribution in [3.63, 3.8) is 0 Å². The molecule has 0 aliphatic rings. The van der Waals surface area contributed by atoms with Crippen molar-refractivity contribution in [3.05, 3.63) is 0 Å². The van der Waals surface area contributed by atoms with E-state index in [9.17, 15) is 5.21 Å². The Hall–Kier alpha value is -0.0800. The van der Waals surface area contributed by atoms with Crippen molar-refractivity contribution in [1.29, 1.82) is 0 Å². The van der Waals surface area contributed by atoms with Gasteiger partial charge in [-0.2, -0.15) is 4.65 Å². The second kappa shape index (κ2) is 18.7. The van der Waals surface area contributed by atoms with Crippen molar-refractivity contribution in [2.24, 2.45) is 0 Å². The molecule has 0 saturated carbocycles. The van der Waals surface area contributed by atoms with Crippen LogP contribution in [0.15, 0.2) is 0 Å². The van der Waals surface area contributed by atoms with Crippen LogP contribution in [0.25, 0.3) is 0 Å². The Bertz CT molecular complexity index is 250. The molecule has 0 rings (SSSR count). The first-order chi connectivity index (χ1) is 12.2. The SMILES string of the molecule is CCCCCCCCCCCCCCCCCCC[N+](O)(CC)CC. The summed E-state index contributed by atoms with van der Waals surface area (Å²) >= 11 is 0. The molecular formula is C23H50NO+. The highest BCUT2D eigenvalue weighted by atomic mass is 16.5. The standard InChI is InChI=1S/C23H50NO/c1-4-7-8-9-10-11-12-13-14-15-16-17-18-19-20-21-22-23-24(25,5-2)6-3/h25H,4-23H2,1-3H3/q+1. The zero-order chi connectivity index (χ0) is 18.6. The van der Waals surface area contributed by atoms with Crippen molar-refractivity contribution >= 4 is 0 Å². The van der Waals surface area contributed by atoms with E-state index in [-0.39, 0.29) is 4.65 Å². The van der Waals surface area contributed by atoms with Gasteiger partial charge in [-0.15, -0.1) is 0 Å². The average molecular weight is 357 g/mol. The van der Waals surface area contributed by atoms with E-state index in [1.54, 1.807) is 0 Å². The van der Waals surface area contributed by atoms with Gasteiger partial charge in [-0.05, 0) is 26.7 Å². The molecule has 25 heavy (non-hydrogen) atoms. The third-order valence-corrected chi connectivity index (χ3v) is 5.86. The summed E-state index contributed by atoms with van der Waals surface area (Å²) in [4.78, 5) is 0. The Morgan fingerprint density at radius 1 is 0.440 bits per heavy atom. The fourth-order valence-electron chi connectivity index (χ4n) is 3.67. The summed E-state index contributed by atoms with van der Waals surface area (Å²) in [5.74, 6) is 0. The minimum Gasteiger partial charge on any atom is -0.217 e. The van der Waals surface area contributed by atoms with Crippen molar-refractivity contribution < 1.29 is 9.85 Å². The highest BCUT2D eigenvalue weighted by Crippen LogP contribution is 2.14. The number of hydrogen-bond donors (Lipinski definition) is 1. The summed E-state index contributed by atoms with van der Waals surface area (Å²) in [6, 6.07) is 0. The molecule has 0 aromatic rings. The average Bonchev–Trinajstić information content (AvgIpc) is 2.64. The second-order valence-corrected chi connectivity index (χ2v) is 8.11. The normalized spacial score (nSPS) is 12.0. The topological polar surface area (TPSA) is 20.2 Å². The number of hydroxylamine groups is 3. The van der Waals surface area contributed by atoms with E-state index in [0.29, 0.717) is 0 Å². The maximum Gasteiger partial charge on any atom is 0.109 e. The third kappa shape index (κ3) is 17.1. The Morgan fingerprint density at radius 2 is 0.720 bits per heavy atom. The molecular weight excluding hydrogens is 306 g/mol. The number of quaternary nitrogens is 1. The van der Waals surface area contributed by atoms with Gasteiger partial charge in [0.2, 0.25) is 0 Å². The smallest absolute Gasteiger partial charge is 0.109 e. The van der Waals surface area contributed by atoms with E-state index < -0.39 is 0 Å². The van der Waals surface area contributed by atoms with E-state index in [4.69, 9.17) is 0 Å². The lowest BCUT2D eigenvalue weighted by Gasteiger charge is -2.27. The molecule has 0 saturated heterocycles. The fourth-order valence-corrected chi connectivity index (χ4v) is 3.67. The minimum absolute atomic E-state index is 0.263. The summed E-state index contributed by atoms with van der Waals surface area (Å²) in [7, 11) is 0.